The van der Waals surface area contributed by atoms with Crippen molar-refractivity contribution in [3.8, 4) is 16.9 Å². The summed E-state index contributed by atoms with van der Waals surface area (Å²) in [4.78, 5) is 29.3. The van der Waals surface area contributed by atoms with Gasteiger partial charge in [-0.05, 0) is 55.3 Å². The predicted octanol–water partition coefficient (Wildman–Crippen LogP) is 5.75. The number of benzene rings is 2. The van der Waals surface area contributed by atoms with Gasteiger partial charge in [-0.25, -0.2) is 9.78 Å². The highest BCUT2D eigenvalue weighted by atomic mass is 79.9. The first kappa shape index (κ1) is 21.8. The van der Waals surface area contributed by atoms with Crippen molar-refractivity contribution in [2.45, 2.75) is 13.8 Å². The highest BCUT2D eigenvalue weighted by Gasteiger charge is 2.19. The van der Waals surface area contributed by atoms with Crippen LogP contribution in [0.4, 0.5) is 10.6 Å². The number of ether oxygens (including phenoxy) is 1. The van der Waals surface area contributed by atoms with Crippen LogP contribution in [0.25, 0.3) is 11.1 Å². The fraction of sp³-hybridized carbons (Fsp3) is 0.136. The molecule has 0 saturated heterocycles. The lowest BCUT2D eigenvalue weighted by Crippen LogP contribution is -2.35. The molecule has 0 aliphatic heterocycles. The number of halogens is 2. The third-order valence-corrected chi connectivity index (χ3v) is 5.27. The molecule has 0 unspecified atom stereocenters. The van der Waals surface area contributed by atoms with E-state index in [2.05, 4.69) is 31.5 Å². The molecule has 0 fully saturated rings. The molecule has 8 heteroatoms. The Morgan fingerprint density at radius 1 is 1.10 bits per heavy atom. The van der Waals surface area contributed by atoms with Crippen LogP contribution in [0.1, 0.15) is 21.6 Å². The lowest BCUT2D eigenvalue weighted by atomic mass is 9.99. The maximum atomic E-state index is 12.5. The molecule has 0 bridgehead atoms. The number of pyridine rings is 1. The Kier molecular flexibility index (Phi) is 6.74. The van der Waals surface area contributed by atoms with Crippen molar-refractivity contribution in [3.63, 3.8) is 0 Å². The molecular formula is C22H19BrClN3O3. The van der Waals surface area contributed by atoms with Crippen LogP contribution < -0.4 is 15.4 Å². The van der Waals surface area contributed by atoms with E-state index in [9.17, 15) is 9.59 Å². The number of methoxy groups -OCH3 is 1. The lowest BCUT2D eigenvalue weighted by Gasteiger charge is -2.14. The summed E-state index contributed by atoms with van der Waals surface area (Å²) < 4.78 is 6.14. The van der Waals surface area contributed by atoms with Crippen LogP contribution in [0.15, 0.2) is 53.0 Å². The molecular weight excluding hydrogens is 470 g/mol. The van der Waals surface area contributed by atoms with Gasteiger partial charge in [0.2, 0.25) is 0 Å². The van der Waals surface area contributed by atoms with Crippen LogP contribution in [0.5, 0.6) is 5.75 Å². The number of carbonyl (C=O) groups excluding carboxylic acids is 2. The molecule has 154 valence electrons. The van der Waals surface area contributed by atoms with Crippen LogP contribution in [-0.2, 0) is 0 Å². The van der Waals surface area contributed by atoms with Crippen molar-refractivity contribution in [2.24, 2.45) is 0 Å². The number of nitrogens with one attached hydrogen (secondary N) is 2. The molecule has 6 nitrogen and oxygen atoms in total. The molecule has 3 amide bonds. The zero-order valence-corrected chi connectivity index (χ0v) is 18.9. The zero-order valence-electron chi connectivity index (χ0n) is 16.5. The van der Waals surface area contributed by atoms with Crippen LogP contribution in [-0.4, -0.2) is 24.0 Å². The number of rotatable bonds is 4. The molecule has 3 rings (SSSR count). The van der Waals surface area contributed by atoms with E-state index in [1.807, 2.05) is 38.1 Å². The summed E-state index contributed by atoms with van der Waals surface area (Å²) in [5.41, 5.74) is 3.80. The molecule has 0 radical (unpaired) electrons. The fourth-order valence-corrected chi connectivity index (χ4v) is 3.67. The predicted molar refractivity (Wildman–Crippen MR) is 121 cm³/mol. The van der Waals surface area contributed by atoms with Gasteiger partial charge in [0.1, 0.15) is 17.1 Å². The topological polar surface area (TPSA) is 80.3 Å². The minimum atomic E-state index is -0.718. The number of hydrogen-bond donors (Lipinski definition) is 2. The summed E-state index contributed by atoms with van der Waals surface area (Å²) in [5, 5.41) is 5.03. The number of amides is 3. The summed E-state index contributed by atoms with van der Waals surface area (Å²) in [5.74, 6) is -0.0615. The maximum Gasteiger partial charge on any atom is 0.327 e. The van der Waals surface area contributed by atoms with E-state index in [1.165, 1.54) is 7.11 Å². The van der Waals surface area contributed by atoms with Crippen LogP contribution in [0, 0.1) is 13.8 Å². The van der Waals surface area contributed by atoms with E-state index in [-0.39, 0.29) is 16.3 Å². The van der Waals surface area contributed by atoms with Gasteiger partial charge in [0.15, 0.2) is 0 Å². The van der Waals surface area contributed by atoms with E-state index in [4.69, 9.17) is 16.3 Å². The van der Waals surface area contributed by atoms with E-state index in [0.29, 0.717) is 5.82 Å². The first-order valence-electron chi connectivity index (χ1n) is 8.99. The summed E-state index contributed by atoms with van der Waals surface area (Å²) in [7, 11) is 1.42. The number of anilines is 1. The van der Waals surface area contributed by atoms with Crippen molar-refractivity contribution in [2.75, 3.05) is 12.4 Å². The molecule has 0 atom stereocenters. The summed E-state index contributed by atoms with van der Waals surface area (Å²) in [6.07, 6.45) is 0. The van der Waals surface area contributed by atoms with Crippen molar-refractivity contribution in [1.29, 1.82) is 0 Å². The smallest absolute Gasteiger partial charge is 0.327 e. The van der Waals surface area contributed by atoms with Gasteiger partial charge in [0, 0.05) is 15.7 Å². The van der Waals surface area contributed by atoms with Crippen LogP contribution >= 0.6 is 27.5 Å². The van der Waals surface area contributed by atoms with E-state index < -0.39 is 11.9 Å². The quantitative estimate of drug-likeness (QED) is 0.490. The number of imide groups is 1. The Morgan fingerprint density at radius 2 is 1.80 bits per heavy atom. The number of nitrogens with zero attached hydrogens (tertiary/aromatic N) is 1. The van der Waals surface area contributed by atoms with Gasteiger partial charge < -0.3 is 4.74 Å². The number of urea groups is 1. The fourth-order valence-electron chi connectivity index (χ4n) is 3.16. The molecule has 0 aliphatic rings. The van der Waals surface area contributed by atoms with Gasteiger partial charge in [-0.1, -0.05) is 45.7 Å². The van der Waals surface area contributed by atoms with Gasteiger partial charge in [-0.2, -0.15) is 0 Å². The normalized spacial score (nSPS) is 10.4. The second kappa shape index (κ2) is 9.28. The zero-order chi connectivity index (χ0) is 21.8. The number of aryl methyl sites for hydroxylation is 2. The van der Waals surface area contributed by atoms with Crippen LogP contribution in [0.2, 0.25) is 5.02 Å². The van der Waals surface area contributed by atoms with E-state index in [1.54, 1.807) is 24.3 Å². The third kappa shape index (κ3) is 4.80. The Morgan fingerprint density at radius 3 is 2.43 bits per heavy atom. The second-order valence-electron chi connectivity index (χ2n) is 6.52. The van der Waals surface area contributed by atoms with Gasteiger partial charge in [-0.3, -0.25) is 15.4 Å². The highest BCUT2D eigenvalue weighted by Crippen LogP contribution is 2.29. The van der Waals surface area contributed by atoms with Crippen molar-refractivity contribution < 1.29 is 14.3 Å². The summed E-state index contributed by atoms with van der Waals surface area (Å²) in [6, 6.07) is 13.7. The SMILES string of the molecule is COc1cccc(Cl)c1C(=O)NC(=O)Nc1cc(C)c(-c2ccc(Br)cc2)c(C)n1. The lowest BCUT2D eigenvalue weighted by molar-refractivity contribution is 0.0964. The molecule has 0 aliphatic carbocycles. The van der Waals surface area contributed by atoms with Crippen molar-refractivity contribution >= 4 is 45.3 Å². The van der Waals surface area contributed by atoms with Gasteiger partial charge in [0.25, 0.3) is 5.91 Å². The van der Waals surface area contributed by atoms with Crippen molar-refractivity contribution in [3.05, 3.63) is 74.8 Å². The Bertz CT molecular complexity index is 1090. The standard InChI is InChI=1S/C22H19BrClN3O3/c1-12-11-18(25-13(2)19(12)14-7-9-15(23)10-8-14)26-22(29)27-21(28)20-16(24)5-4-6-17(20)30-3/h4-11H,1-3H3,(H2,25,26,27,28,29). The molecule has 2 N–H and O–H groups in total. The molecule has 30 heavy (non-hydrogen) atoms. The largest absolute Gasteiger partial charge is 0.496 e. The van der Waals surface area contributed by atoms with Gasteiger partial charge >= 0.3 is 6.03 Å². The molecule has 0 spiro atoms. The number of carbonyl (C=O) groups is 2. The Labute approximate surface area is 187 Å². The highest BCUT2D eigenvalue weighted by molar-refractivity contribution is 9.10. The van der Waals surface area contributed by atoms with Gasteiger partial charge in [-0.15, -0.1) is 0 Å². The summed E-state index contributed by atoms with van der Waals surface area (Å²) in [6.45, 7) is 3.81. The van der Waals surface area contributed by atoms with E-state index >= 15 is 0 Å². The summed E-state index contributed by atoms with van der Waals surface area (Å²) >= 11 is 9.52. The monoisotopic (exact) mass is 487 g/mol. The molecule has 3 aromatic rings. The van der Waals surface area contributed by atoms with Gasteiger partial charge in [0.05, 0.1) is 12.1 Å². The average Bonchev–Trinajstić information content (AvgIpc) is 2.68. The third-order valence-electron chi connectivity index (χ3n) is 4.42. The first-order valence-corrected chi connectivity index (χ1v) is 10.2. The number of hydrogen-bond acceptors (Lipinski definition) is 4. The maximum absolute atomic E-state index is 12.5. The molecule has 1 aromatic heterocycles. The minimum Gasteiger partial charge on any atom is -0.496 e. The average molecular weight is 489 g/mol. The molecule has 2 aromatic carbocycles. The Balaban J connectivity index is 1.78. The Hall–Kier alpha value is -2.90. The van der Waals surface area contributed by atoms with Crippen LogP contribution in [0.3, 0.4) is 0 Å². The molecule has 1 heterocycles. The van der Waals surface area contributed by atoms with E-state index in [0.717, 1.165) is 26.9 Å². The van der Waals surface area contributed by atoms with Crippen molar-refractivity contribution in [1.82, 2.24) is 10.3 Å². The number of aromatic nitrogens is 1. The minimum absolute atomic E-state index is 0.0859. The first-order chi connectivity index (χ1) is 14.3. The second-order valence-corrected chi connectivity index (χ2v) is 7.84. The molecule has 0 saturated carbocycles.